The first-order valence-corrected chi connectivity index (χ1v) is 16.1. The van der Waals surface area contributed by atoms with Gasteiger partial charge in [0.15, 0.2) is 11.5 Å². The molecule has 0 spiro atoms. The molecule has 0 aliphatic carbocycles. The monoisotopic (exact) mass is 666 g/mol. The Morgan fingerprint density at radius 1 is 1.00 bits per heavy atom. The van der Waals surface area contributed by atoms with E-state index in [0.29, 0.717) is 64.5 Å². The van der Waals surface area contributed by atoms with Crippen molar-refractivity contribution in [2.75, 3.05) is 21.0 Å². The van der Waals surface area contributed by atoms with Crippen molar-refractivity contribution in [1.82, 2.24) is 29.8 Å². The number of aromatic nitrogens is 6. The van der Waals surface area contributed by atoms with Crippen LogP contribution in [0.3, 0.4) is 0 Å². The summed E-state index contributed by atoms with van der Waals surface area (Å²) in [5, 5.41) is 23.2. The molecule has 0 saturated carbocycles. The molecule has 1 N–H and O–H groups in total. The Labute approximate surface area is 283 Å². The molecule has 3 aromatic carbocycles. The highest BCUT2D eigenvalue weighted by atomic mass is 16.7. The lowest BCUT2D eigenvalue weighted by Crippen LogP contribution is -2.09. The highest BCUT2D eigenvalue weighted by Gasteiger charge is 2.22. The molecule has 2 aromatic heterocycles. The van der Waals surface area contributed by atoms with Gasteiger partial charge in [-0.15, -0.1) is 10.2 Å². The van der Waals surface area contributed by atoms with Gasteiger partial charge in [-0.25, -0.2) is 9.78 Å². The van der Waals surface area contributed by atoms with E-state index in [9.17, 15) is 9.90 Å². The summed E-state index contributed by atoms with van der Waals surface area (Å²) in [4.78, 5) is 19.0. The second-order valence-electron chi connectivity index (χ2n) is 11.3. The van der Waals surface area contributed by atoms with Gasteiger partial charge in [-0.2, -0.15) is 4.80 Å². The fourth-order valence-corrected chi connectivity index (χ4v) is 5.59. The third-order valence-corrected chi connectivity index (χ3v) is 8.15. The van der Waals surface area contributed by atoms with Gasteiger partial charge >= 0.3 is 5.97 Å². The summed E-state index contributed by atoms with van der Waals surface area (Å²) in [6.07, 6.45) is 5.94. The number of methoxy groups -OCH3 is 2. The van der Waals surface area contributed by atoms with Gasteiger partial charge in [-0.3, -0.25) is 4.57 Å². The van der Waals surface area contributed by atoms with Crippen LogP contribution in [-0.4, -0.2) is 61.8 Å². The Kier molecular flexibility index (Phi) is 10.1. The molecule has 0 fully saturated rings. The summed E-state index contributed by atoms with van der Waals surface area (Å²) < 4.78 is 30.7. The number of aryl methyl sites for hydroxylation is 2. The van der Waals surface area contributed by atoms with Crippen LogP contribution in [0, 0.1) is 0 Å². The molecule has 6 rings (SSSR count). The summed E-state index contributed by atoms with van der Waals surface area (Å²) in [5.41, 5.74) is 3.74. The van der Waals surface area contributed by atoms with E-state index in [2.05, 4.69) is 22.3 Å². The molecule has 1 aliphatic rings. The number of unbranched alkanes of at least 4 members (excludes halogenated alkanes) is 1. The van der Waals surface area contributed by atoms with Crippen molar-refractivity contribution in [2.45, 2.75) is 52.7 Å². The van der Waals surface area contributed by atoms with Crippen LogP contribution in [-0.2, 0) is 30.8 Å². The number of carbonyl (C=O) groups is 1. The van der Waals surface area contributed by atoms with Crippen LogP contribution in [0.2, 0.25) is 0 Å². The Morgan fingerprint density at radius 2 is 1.82 bits per heavy atom. The summed E-state index contributed by atoms with van der Waals surface area (Å²) in [6, 6.07) is 16.8. The molecule has 0 bridgehead atoms. The second-order valence-corrected chi connectivity index (χ2v) is 11.3. The SMILES string of the molecule is CCCCc1ncc(/C=C(\Cc2cc3c(cc2OC)OCO3)C(=O)O)n1-c1ccc(OC)cc1OCc1ccccc1-c1nnn(CC)n1. The van der Waals surface area contributed by atoms with Crippen LogP contribution in [0.5, 0.6) is 28.7 Å². The second kappa shape index (κ2) is 14.9. The molecule has 49 heavy (non-hydrogen) atoms. The number of benzene rings is 3. The van der Waals surface area contributed by atoms with Crippen LogP contribution >= 0.6 is 0 Å². The van der Waals surface area contributed by atoms with Crippen LogP contribution in [0.15, 0.2) is 66.4 Å². The smallest absolute Gasteiger partial charge is 0.331 e. The molecule has 0 unspecified atom stereocenters. The van der Waals surface area contributed by atoms with Gasteiger partial charge in [0.1, 0.15) is 29.7 Å². The van der Waals surface area contributed by atoms with E-state index < -0.39 is 5.97 Å². The molecule has 13 heteroatoms. The normalized spacial score (nSPS) is 12.3. The van der Waals surface area contributed by atoms with Crippen LogP contribution < -0.4 is 23.7 Å². The largest absolute Gasteiger partial charge is 0.497 e. The van der Waals surface area contributed by atoms with E-state index in [1.165, 1.54) is 11.9 Å². The van der Waals surface area contributed by atoms with Gasteiger partial charge in [-0.1, -0.05) is 37.6 Å². The number of imidazole rings is 1. The van der Waals surface area contributed by atoms with Gasteiger partial charge in [0, 0.05) is 47.2 Å². The number of ether oxygens (including phenoxy) is 5. The standard InChI is InChI=1S/C36H38N6O7/c1-5-7-12-34-37-20-26(16-25(36(43)44)15-24-17-32-33(49-22-48-32)19-30(24)46-4)42(34)29-14-13-27(45-3)18-31(29)47-21-23-10-8-9-11-28(23)35-38-40-41(6-2)39-35/h8-11,13-14,16-20H,5-7,12,15,21-22H2,1-4H3,(H,43,44)/b25-16+. The Bertz CT molecular complexity index is 1980. The number of aliphatic carboxylic acids is 1. The lowest BCUT2D eigenvalue weighted by molar-refractivity contribution is -0.132. The molecular weight excluding hydrogens is 628 g/mol. The molecule has 1 aliphatic heterocycles. The van der Waals surface area contributed by atoms with E-state index in [0.717, 1.165) is 29.8 Å². The average molecular weight is 667 g/mol. The number of rotatable bonds is 15. The minimum atomic E-state index is -1.07. The Morgan fingerprint density at radius 3 is 2.55 bits per heavy atom. The number of nitrogens with zero attached hydrogens (tertiary/aromatic N) is 6. The molecule has 0 radical (unpaired) electrons. The molecule has 0 amide bonds. The van der Waals surface area contributed by atoms with Crippen molar-refractivity contribution < 1.29 is 33.6 Å². The minimum Gasteiger partial charge on any atom is -0.497 e. The van der Waals surface area contributed by atoms with E-state index in [1.54, 1.807) is 31.5 Å². The fraction of sp³-hybridized carbons (Fsp3) is 0.306. The van der Waals surface area contributed by atoms with E-state index in [4.69, 9.17) is 28.7 Å². The summed E-state index contributed by atoms with van der Waals surface area (Å²) in [6.45, 7) is 4.97. The first kappa shape index (κ1) is 33.1. The molecule has 254 valence electrons. The van der Waals surface area contributed by atoms with Gasteiger partial charge < -0.3 is 28.8 Å². The zero-order chi connectivity index (χ0) is 34.3. The maximum Gasteiger partial charge on any atom is 0.331 e. The van der Waals surface area contributed by atoms with Gasteiger partial charge in [0.25, 0.3) is 0 Å². The van der Waals surface area contributed by atoms with Gasteiger partial charge in [0.05, 0.1) is 38.3 Å². The third-order valence-electron chi connectivity index (χ3n) is 8.15. The number of carboxylic acids is 1. The quantitative estimate of drug-likeness (QED) is 0.133. The van der Waals surface area contributed by atoms with Crippen molar-refractivity contribution >= 4 is 12.0 Å². The lowest BCUT2D eigenvalue weighted by atomic mass is 10.0. The van der Waals surface area contributed by atoms with Crippen molar-refractivity contribution in [2.24, 2.45) is 0 Å². The predicted octanol–water partition coefficient (Wildman–Crippen LogP) is 5.92. The zero-order valence-corrected chi connectivity index (χ0v) is 27.9. The van der Waals surface area contributed by atoms with Gasteiger partial charge in [0.2, 0.25) is 12.6 Å². The van der Waals surface area contributed by atoms with E-state index in [-0.39, 0.29) is 25.4 Å². The molecule has 5 aromatic rings. The van der Waals surface area contributed by atoms with E-state index in [1.807, 2.05) is 54.0 Å². The van der Waals surface area contributed by atoms with Crippen molar-refractivity contribution in [3.05, 3.63) is 89.0 Å². The molecule has 0 saturated heterocycles. The average Bonchev–Trinajstić information content (AvgIpc) is 3.89. The molecular formula is C36H38N6O7. The number of carboxylic acid groups (broad SMARTS) is 1. The molecule has 0 atom stereocenters. The highest BCUT2D eigenvalue weighted by molar-refractivity contribution is 5.92. The summed E-state index contributed by atoms with van der Waals surface area (Å²) in [7, 11) is 3.13. The first-order valence-electron chi connectivity index (χ1n) is 16.1. The maximum atomic E-state index is 12.7. The lowest BCUT2D eigenvalue weighted by Gasteiger charge is -2.18. The fourth-order valence-electron chi connectivity index (χ4n) is 5.59. The number of tetrazole rings is 1. The molecule has 3 heterocycles. The van der Waals surface area contributed by atoms with Crippen molar-refractivity contribution in [3.63, 3.8) is 0 Å². The number of hydrogen-bond acceptors (Lipinski definition) is 10. The van der Waals surface area contributed by atoms with Gasteiger partial charge in [-0.05, 0) is 42.8 Å². The van der Waals surface area contributed by atoms with Crippen LogP contribution in [0.1, 0.15) is 49.3 Å². The third kappa shape index (κ3) is 7.20. The number of fused-ring (bicyclic) bond motifs is 1. The van der Waals surface area contributed by atoms with Crippen LogP contribution in [0.4, 0.5) is 0 Å². The van der Waals surface area contributed by atoms with Crippen molar-refractivity contribution in [1.29, 1.82) is 0 Å². The Balaban J connectivity index is 1.39. The summed E-state index contributed by atoms with van der Waals surface area (Å²) in [5.74, 6) is 2.95. The maximum absolute atomic E-state index is 12.7. The van der Waals surface area contributed by atoms with Crippen molar-refractivity contribution in [3.8, 4) is 45.8 Å². The van der Waals surface area contributed by atoms with E-state index >= 15 is 0 Å². The summed E-state index contributed by atoms with van der Waals surface area (Å²) >= 11 is 0. The first-order chi connectivity index (χ1) is 23.9. The predicted molar refractivity (Wildman–Crippen MR) is 180 cm³/mol. The topological polar surface area (TPSA) is 145 Å². The Hall–Kier alpha value is -5.85. The van der Waals surface area contributed by atoms with Crippen LogP contribution in [0.25, 0.3) is 23.2 Å². The number of hydrogen-bond donors (Lipinski definition) is 1. The zero-order valence-electron chi connectivity index (χ0n) is 27.9. The molecule has 13 nitrogen and oxygen atoms in total. The minimum absolute atomic E-state index is 0.0735. The highest BCUT2D eigenvalue weighted by Crippen LogP contribution is 2.39.